The van der Waals surface area contributed by atoms with Crippen LogP contribution in [-0.4, -0.2) is 0 Å². The summed E-state index contributed by atoms with van der Waals surface area (Å²) in [7, 11) is 0. The molecule has 0 saturated heterocycles. The van der Waals surface area contributed by atoms with Crippen LogP contribution < -0.4 is 0 Å². The lowest BCUT2D eigenvalue weighted by Crippen LogP contribution is -1.76. The smallest absolute Gasteiger partial charge is 0.00987 e. The molecule has 0 aromatic heterocycles. The van der Waals surface area contributed by atoms with E-state index in [1.807, 2.05) is 24.3 Å². The first-order chi connectivity index (χ1) is 6.95. The molecule has 3 aromatic rings. The van der Waals surface area contributed by atoms with Crippen LogP contribution in [0.4, 0.5) is 0 Å². The normalized spacial score (nSPS) is 10.9. The second-order valence-corrected chi connectivity index (χ2v) is 3.33. The molecule has 14 heavy (non-hydrogen) atoms. The number of fused-ring (bicyclic) bond motifs is 3. The summed E-state index contributed by atoms with van der Waals surface area (Å²) in [5.74, 6) is 0. The van der Waals surface area contributed by atoms with E-state index in [-0.39, 0.29) is 0 Å². The van der Waals surface area contributed by atoms with Crippen LogP contribution in [0.2, 0.25) is 0 Å². The summed E-state index contributed by atoms with van der Waals surface area (Å²) < 4.78 is 0. The van der Waals surface area contributed by atoms with Gasteiger partial charge in [0.15, 0.2) is 0 Å². The minimum absolute atomic E-state index is 1.17. The van der Waals surface area contributed by atoms with Gasteiger partial charge in [-0.3, -0.25) is 0 Å². The Kier molecular flexibility index (Phi) is 1.54. The molecule has 0 amide bonds. The van der Waals surface area contributed by atoms with E-state index in [0.717, 1.165) is 0 Å². The predicted molar refractivity (Wildman–Crippen MR) is 59.1 cm³/mol. The Morgan fingerprint density at radius 1 is 0.643 bits per heavy atom. The van der Waals surface area contributed by atoms with Gasteiger partial charge in [0.05, 0.1) is 0 Å². The van der Waals surface area contributed by atoms with Crippen LogP contribution in [0.3, 0.4) is 0 Å². The van der Waals surface area contributed by atoms with E-state index in [9.17, 15) is 0 Å². The molecule has 0 aliphatic heterocycles. The van der Waals surface area contributed by atoms with Gasteiger partial charge in [0.2, 0.25) is 0 Å². The predicted octanol–water partition coefficient (Wildman–Crippen LogP) is 3.59. The van der Waals surface area contributed by atoms with Crippen LogP contribution in [0.1, 0.15) is 0 Å². The van der Waals surface area contributed by atoms with E-state index in [2.05, 4.69) is 36.4 Å². The molecule has 0 saturated carbocycles. The van der Waals surface area contributed by atoms with Gasteiger partial charge in [0.25, 0.3) is 0 Å². The van der Waals surface area contributed by atoms with E-state index in [0.29, 0.717) is 0 Å². The van der Waals surface area contributed by atoms with E-state index >= 15 is 0 Å². The van der Waals surface area contributed by atoms with E-state index < -0.39 is 0 Å². The monoisotopic (exact) mass is 176 g/mol. The molecule has 0 heterocycles. The van der Waals surface area contributed by atoms with Crippen LogP contribution in [-0.2, 0) is 0 Å². The fourth-order valence-corrected chi connectivity index (χ4v) is 1.81. The van der Waals surface area contributed by atoms with Crippen LogP contribution in [0.5, 0.6) is 0 Å². The first-order valence-electron chi connectivity index (χ1n) is 4.65. The molecule has 0 N–H and O–H groups in total. The molecule has 0 aliphatic carbocycles. The van der Waals surface area contributed by atoms with Gasteiger partial charge >= 0.3 is 0 Å². The second-order valence-electron chi connectivity index (χ2n) is 3.33. The van der Waals surface area contributed by atoms with Crippen LogP contribution in [0.15, 0.2) is 48.5 Å². The molecule has 0 heteroatoms. The molecule has 0 spiro atoms. The maximum Gasteiger partial charge on any atom is -0.00987 e. The maximum atomic E-state index is 3.23. The Hall–Kier alpha value is -1.82. The molecule has 0 bridgehead atoms. The van der Waals surface area contributed by atoms with E-state index in [1.165, 1.54) is 21.5 Å². The van der Waals surface area contributed by atoms with Crippen molar-refractivity contribution in [3.8, 4) is 0 Å². The van der Waals surface area contributed by atoms with Crippen LogP contribution in [0, 0.1) is 12.1 Å². The Morgan fingerprint density at radius 2 is 1.14 bits per heavy atom. The molecule has 0 nitrogen and oxygen atoms in total. The molecule has 3 rings (SSSR count). The van der Waals surface area contributed by atoms with Gasteiger partial charge in [-0.2, -0.15) is 0 Å². The lowest BCUT2D eigenvalue weighted by atomic mass is 10.0. The summed E-state index contributed by atoms with van der Waals surface area (Å²) in [6.07, 6.45) is 0. The zero-order chi connectivity index (χ0) is 9.38. The molecule has 0 atom stereocenters. The Morgan fingerprint density at radius 3 is 1.64 bits per heavy atom. The molecular weight excluding hydrogens is 168 g/mol. The van der Waals surface area contributed by atoms with Crippen molar-refractivity contribution in [2.24, 2.45) is 0 Å². The zero-order valence-corrected chi connectivity index (χ0v) is 7.62. The third kappa shape index (κ3) is 1.01. The molecule has 0 unspecified atom stereocenters. The van der Waals surface area contributed by atoms with Gasteiger partial charge in [-0.15, -0.1) is 0 Å². The minimum atomic E-state index is 1.17. The summed E-state index contributed by atoms with van der Waals surface area (Å²) >= 11 is 0. The van der Waals surface area contributed by atoms with Gasteiger partial charge in [-0.1, -0.05) is 48.5 Å². The average molecular weight is 176 g/mol. The van der Waals surface area contributed by atoms with Gasteiger partial charge in [-0.25, -0.2) is 0 Å². The highest BCUT2D eigenvalue weighted by molar-refractivity contribution is 6.06. The maximum absolute atomic E-state index is 3.23. The van der Waals surface area contributed by atoms with Crippen molar-refractivity contribution in [2.45, 2.75) is 0 Å². The third-order valence-corrected chi connectivity index (χ3v) is 2.48. The number of rotatable bonds is 0. The summed E-state index contributed by atoms with van der Waals surface area (Å²) in [6.45, 7) is 0. The fourth-order valence-electron chi connectivity index (χ4n) is 1.81. The number of benzene rings is 3. The van der Waals surface area contributed by atoms with Gasteiger partial charge in [0.1, 0.15) is 0 Å². The van der Waals surface area contributed by atoms with Crippen molar-refractivity contribution in [1.29, 1.82) is 0 Å². The highest BCUT2D eigenvalue weighted by atomic mass is 14.0. The third-order valence-electron chi connectivity index (χ3n) is 2.48. The van der Waals surface area contributed by atoms with Crippen molar-refractivity contribution >= 4 is 21.5 Å². The van der Waals surface area contributed by atoms with Crippen LogP contribution >= 0.6 is 0 Å². The largest absolute Gasteiger partial charge is 0.0610 e. The molecule has 0 fully saturated rings. The Balaban J connectivity index is 2.61. The molecule has 2 radical (unpaired) electrons. The van der Waals surface area contributed by atoms with E-state index in [1.54, 1.807) is 0 Å². The molecular formula is C14H8. The minimum Gasteiger partial charge on any atom is -0.0610 e. The highest BCUT2D eigenvalue weighted by Crippen LogP contribution is 2.23. The first kappa shape index (κ1) is 7.57. The molecule has 3 aromatic carbocycles. The van der Waals surface area contributed by atoms with Crippen LogP contribution in [0.25, 0.3) is 21.5 Å². The van der Waals surface area contributed by atoms with Crippen molar-refractivity contribution in [3.05, 3.63) is 60.7 Å². The molecule has 64 valence electrons. The SMILES string of the molecule is [c]1cccc2c1ccc1[c]cccc12. The molecule has 0 aliphatic rings. The number of hydrogen-bond donors (Lipinski definition) is 0. The van der Waals surface area contributed by atoms with Crippen molar-refractivity contribution in [2.75, 3.05) is 0 Å². The van der Waals surface area contributed by atoms with Gasteiger partial charge < -0.3 is 0 Å². The first-order valence-corrected chi connectivity index (χ1v) is 4.65. The number of hydrogen-bond acceptors (Lipinski definition) is 0. The quantitative estimate of drug-likeness (QED) is 0.459. The Bertz CT molecular complexity index is 539. The summed E-state index contributed by atoms with van der Waals surface area (Å²) in [5, 5.41) is 4.84. The van der Waals surface area contributed by atoms with Crippen molar-refractivity contribution in [3.63, 3.8) is 0 Å². The average Bonchev–Trinajstić information content (AvgIpc) is 2.29. The summed E-state index contributed by atoms with van der Waals surface area (Å²) in [4.78, 5) is 0. The lowest BCUT2D eigenvalue weighted by Gasteiger charge is -2.01. The van der Waals surface area contributed by atoms with Crippen molar-refractivity contribution < 1.29 is 0 Å². The van der Waals surface area contributed by atoms with Crippen molar-refractivity contribution in [1.82, 2.24) is 0 Å². The standard InChI is InChI=1S/C14H8/c1-3-7-13-11(5-1)9-10-12-6-2-4-8-14(12)13/h1-4,7-10H. The zero-order valence-electron chi connectivity index (χ0n) is 7.62. The lowest BCUT2D eigenvalue weighted by molar-refractivity contribution is 1.75. The highest BCUT2D eigenvalue weighted by Gasteiger charge is 1.97. The van der Waals surface area contributed by atoms with Gasteiger partial charge in [0, 0.05) is 0 Å². The fraction of sp³-hybridized carbons (Fsp3) is 0. The Labute approximate surface area is 82.8 Å². The second kappa shape index (κ2) is 2.85. The van der Waals surface area contributed by atoms with E-state index in [4.69, 9.17) is 0 Å². The summed E-state index contributed by atoms with van der Waals surface area (Å²) in [5.41, 5.74) is 0. The summed E-state index contributed by atoms with van der Waals surface area (Å²) in [6, 6.07) is 22.8. The topological polar surface area (TPSA) is 0 Å². The van der Waals surface area contributed by atoms with Gasteiger partial charge in [-0.05, 0) is 33.7 Å².